The van der Waals surface area contributed by atoms with Gasteiger partial charge in [0.1, 0.15) is 10.8 Å². The van der Waals surface area contributed by atoms with Crippen LogP contribution < -0.4 is 15.8 Å². The Kier molecular flexibility index (Phi) is 4.24. The van der Waals surface area contributed by atoms with Crippen LogP contribution in [0.5, 0.6) is 5.75 Å². The average molecular weight is 294 g/mol. The molecule has 0 saturated heterocycles. The van der Waals surface area contributed by atoms with Crippen molar-refractivity contribution in [3.63, 3.8) is 0 Å². The standard InChI is InChI=1S/C14H15FN2O2S/c1-8(18)13-11(16)12(19-2)14(20-13)17-7-9-4-3-5-10(15)6-9/h3-6,17H,7,16H2,1-2H3. The van der Waals surface area contributed by atoms with Gasteiger partial charge in [0, 0.05) is 13.5 Å². The van der Waals surface area contributed by atoms with Crippen molar-refractivity contribution in [1.29, 1.82) is 0 Å². The number of nitrogens with two attached hydrogens (primary N) is 1. The number of benzene rings is 1. The lowest BCUT2D eigenvalue weighted by molar-refractivity contribution is 0.102. The minimum Gasteiger partial charge on any atom is -0.492 e. The second-order valence-corrected chi connectivity index (χ2v) is 5.27. The van der Waals surface area contributed by atoms with Crippen molar-refractivity contribution in [2.24, 2.45) is 0 Å². The third-order valence-corrected chi connectivity index (χ3v) is 4.01. The van der Waals surface area contributed by atoms with E-state index >= 15 is 0 Å². The van der Waals surface area contributed by atoms with Crippen LogP contribution in [0.25, 0.3) is 0 Å². The molecule has 1 heterocycles. The number of hydrogen-bond donors (Lipinski definition) is 2. The van der Waals surface area contributed by atoms with Gasteiger partial charge in [-0.2, -0.15) is 0 Å². The number of nitrogens with one attached hydrogen (secondary N) is 1. The zero-order chi connectivity index (χ0) is 14.7. The molecule has 0 aliphatic rings. The molecule has 0 amide bonds. The van der Waals surface area contributed by atoms with Crippen molar-refractivity contribution < 1.29 is 13.9 Å². The molecule has 0 spiro atoms. The third-order valence-electron chi connectivity index (χ3n) is 2.77. The van der Waals surface area contributed by atoms with Crippen LogP contribution in [0.1, 0.15) is 22.2 Å². The Labute approximate surface area is 120 Å². The van der Waals surface area contributed by atoms with Crippen molar-refractivity contribution >= 4 is 27.8 Å². The van der Waals surface area contributed by atoms with E-state index in [9.17, 15) is 9.18 Å². The van der Waals surface area contributed by atoms with Gasteiger partial charge in [0.15, 0.2) is 11.5 Å². The number of nitrogen functional groups attached to an aromatic ring is 1. The van der Waals surface area contributed by atoms with E-state index in [0.717, 1.165) is 5.56 Å². The van der Waals surface area contributed by atoms with Gasteiger partial charge < -0.3 is 15.8 Å². The molecule has 2 aromatic rings. The average Bonchev–Trinajstić information content (AvgIpc) is 2.73. The van der Waals surface area contributed by atoms with E-state index in [1.54, 1.807) is 6.07 Å². The highest BCUT2D eigenvalue weighted by Crippen LogP contribution is 2.42. The molecule has 2 rings (SSSR count). The van der Waals surface area contributed by atoms with E-state index in [-0.39, 0.29) is 11.6 Å². The second-order valence-electron chi connectivity index (χ2n) is 4.25. The number of Topliss-reactive ketones (excluding diaryl/α,β-unsaturated/α-hetero) is 1. The van der Waals surface area contributed by atoms with Crippen molar-refractivity contribution in [3.8, 4) is 5.75 Å². The minimum atomic E-state index is -0.286. The van der Waals surface area contributed by atoms with E-state index < -0.39 is 0 Å². The van der Waals surface area contributed by atoms with Gasteiger partial charge in [-0.05, 0) is 17.7 Å². The van der Waals surface area contributed by atoms with Gasteiger partial charge in [-0.15, -0.1) is 11.3 Å². The molecule has 1 aromatic carbocycles. The maximum Gasteiger partial charge on any atom is 0.176 e. The van der Waals surface area contributed by atoms with Crippen LogP contribution >= 0.6 is 11.3 Å². The van der Waals surface area contributed by atoms with Gasteiger partial charge in [0.2, 0.25) is 0 Å². The Morgan fingerprint density at radius 1 is 1.50 bits per heavy atom. The highest BCUT2D eigenvalue weighted by molar-refractivity contribution is 7.19. The molecule has 1 aromatic heterocycles. The third kappa shape index (κ3) is 2.91. The SMILES string of the molecule is COc1c(NCc2cccc(F)c2)sc(C(C)=O)c1N. The molecule has 0 radical (unpaired) electrons. The molecule has 3 N–H and O–H groups in total. The van der Waals surface area contributed by atoms with E-state index in [0.29, 0.717) is 27.9 Å². The van der Waals surface area contributed by atoms with Gasteiger partial charge in [0.05, 0.1) is 17.7 Å². The number of carbonyl (C=O) groups excluding carboxylic acids is 1. The van der Waals surface area contributed by atoms with Gasteiger partial charge in [-0.3, -0.25) is 4.79 Å². The van der Waals surface area contributed by atoms with E-state index in [2.05, 4.69) is 5.32 Å². The number of carbonyl (C=O) groups is 1. The molecular weight excluding hydrogens is 279 g/mol. The summed E-state index contributed by atoms with van der Waals surface area (Å²) in [5, 5.41) is 3.78. The number of halogens is 1. The molecule has 4 nitrogen and oxygen atoms in total. The Bertz CT molecular complexity index is 640. The first-order valence-electron chi connectivity index (χ1n) is 5.98. The van der Waals surface area contributed by atoms with Crippen LogP contribution in [0.3, 0.4) is 0 Å². The summed E-state index contributed by atoms with van der Waals surface area (Å²) < 4.78 is 18.3. The summed E-state index contributed by atoms with van der Waals surface area (Å²) in [5.41, 5.74) is 7.01. The molecule has 0 saturated carbocycles. The fraction of sp³-hybridized carbons (Fsp3) is 0.214. The van der Waals surface area contributed by atoms with Crippen molar-refractivity contribution in [2.45, 2.75) is 13.5 Å². The van der Waals surface area contributed by atoms with Crippen LogP contribution in [-0.4, -0.2) is 12.9 Å². The molecule has 0 fully saturated rings. The van der Waals surface area contributed by atoms with E-state index in [1.807, 2.05) is 6.07 Å². The summed E-state index contributed by atoms with van der Waals surface area (Å²) in [7, 11) is 1.50. The maximum atomic E-state index is 13.1. The molecule has 0 atom stereocenters. The van der Waals surface area contributed by atoms with E-state index in [1.165, 1.54) is 37.5 Å². The Balaban J connectivity index is 2.21. The highest BCUT2D eigenvalue weighted by Gasteiger charge is 2.19. The number of ether oxygens (including phenoxy) is 1. The van der Waals surface area contributed by atoms with Crippen LogP contribution in [0.4, 0.5) is 15.1 Å². The fourth-order valence-electron chi connectivity index (χ4n) is 1.84. The molecule has 0 aliphatic heterocycles. The number of hydrogen-bond acceptors (Lipinski definition) is 5. The minimum absolute atomic E-state index is 0.107. The van der Waals surface area contributed by atoms with Crippen molar-refractivity contribution in [1.82, 2.24) is 0 Å². The predicted molar refractivity (Wildman–Crippen MR) is 79.0 cm³/mol. The number of methoxy groups -OCH3 is 1. The van der Waals surface area contributed by atoms with Crippen molar-refractivity contribution in [3.05, 3.63) is 40.5 Å². The number of ketones is 1. The number of rotatable bonds is 5. The van der Waals surface area contributed by atoms with Gasteiger partial charge in [-0.25, -0.2) is 4.39 Å². The molecule has 6 heteroatoms. The Morgan fingerprint density at radius 3 is 2.85 bits per heavy atom. The van der Waals surface area contributed by atoms with Gasteiger partial charge in [-0.1, -0.05) is 12.1 Å². The first kappa shape index (κ1) is 14.3. The summed E-state index contributed by atoms with van der Waals surface area (Å²) in [6, 6.07) is 6.29. The van der Waals surface area contributed by atoms with Crippen LogP contribution in [0.15, 0.2) is 24.3 Å². The zero-order valence-corrected chi connectivity index (χ0v) is 12.0. The quantitative estimate of drug-likeness (QED) is 0.831. The van der Waals surface area contributed by atoms with E-state index in [4.69, 9.17) is 10.5 Å². The summed E-state index contributed by atoms with van der Waals surface area (Å²) >= 11 is 1.24. The normalized spacial score (nSPS) is 10.3. The monoisotopic (exact) mass is 294 g/mol. The van der Waals surface area contributed by atoms with Crippen LogP contribution in [0, 0.1) is 5.82 Å². The van der Waals surface area contributed by atoms with Gasteiger partial charge >= 0.3 is 0 Å². The van der Waals surface area contributed by atoms with Crippen LogP contribution in [0.2, 0.25) is 0 Å². The Morgan fingerprint density at radius 2 is 2.25 bits per heavy atom. The molecule has 20 heavy (non-hydrogen) atoms. The first-order valence-corrected chi connectivity index (χ1v) is 6.80. The van der Waals surface area contributed by atoms with Crippen LogP contribution in [-0.2, 0) is 6.54 Å². The molecular formula is C14H15FN2O2S. The predicted octanol–water partition coefficient (Wildman–Crippen LogP) is 3.29. The summed E-state index contributed by atoms with van der Waals surface area (Å²) in [5.74, 6) is 0.0626. The Hall–Kier alpha value is -2.08. The summed E-state index contributed by atoms with van der Waals surface area (Å²) in [6.45, 7) is 1.88. The van der Waals surface area contributed by atoms with Crippen molar-refractivity contribution in [2.75, 3.05) is 18.2 Å². The van der Waals surface area contributed by atoms with Gasteiger partial charge in [0.25, 0.3) is 0 Å². The molecule has 0 bridgehead atoms. The lowest BCUT2D eigenvalue weighted by Gasteiger charge is -2.07. The summed E-state index contributed by atoms with van der Waals surface area (Å²) in [4.78, 5) is 11.9. The molecule has 0 aliphatic carbocycles. The fourth-order valence-corrected chi connectivity index (χ4v) is 2.82. The molecule has 106 valence electrons. The summed E-state index contributed by atoms with van der Waals surface area (Å²) in [6.07, 6.45) is 0. The topological polar surface area (TPSA) is 64.3 Å². The maximum absolute atomic E-state index is 13.1. The lowest BCUT2D eigenvalue weighted by atomic mass is 10.2. The lowest BCUT2D eigenvalue weighted by Crippen LogP contribution is -2.00. The smallest absolute Gasteiger partial charge is 0.176 e. The second kappa shape index (κ2) is 5.92. The zero-order valence-electron chi connectivity index (χ0n) is 11.2. The molecule has 0 unspecified atom stereocenters. The largest absolute Gasteiger partial charge is 0.492 e. The number of anilines is 2. The highest BCUT2D eigenvalue weighted by atomic mass is 32.1. The first-order chi connectivity index (χ1) is 9.52. The number of thiophene rings is 1.